The minimum absolute atomic E-state index is 0.496. The molecule has 2 aliphatic heterocycles. The predicted octanol–water partition coefficient (Wildman–Crippen LogP) is 2.95. The first-order valence-electron chi connectivity index (χ1n) is 12.2. The number of hydrogen-bond acceptors (Lipinski definition) is 4. The van der Waals surface area contributed by atoms with Gasteiger partial charge in [-0.1, -0.05) is 30.3 Å². The van der Waals surface area contributed by atoms with Gasteiger partial charge in [0.25, 0.3) is 0 Å². The fourth-order valence-corrected chi connectivity index (χ4v) is 4.75. The standard InChI is InChI=1S/C25H43N5O/c1-4-26-25(27-19-22-10-13-29(14-11-22)16-17-31-3)28-24-12-15-30(21(2)18-24)20-23-8-6-5-7-9-23/h5-9,21-22,24H,4,10-20H2,1-3H3,(H2,26,27,28). The molecule has 6 nitrogen and oxygen atoms in total. The van der Waals surface area contributed by atoms with E-state index >= 15 is 0 Å². The van der Waals surface area contributed by atoms with Crippen molar-refractivity contribution in [3.05, 3.63) is 35.9 Å². The molecule has 1 aromatic rings. The summed E-state index contributed by atoms with van der Waals surface area (Å²) in [5.74, 6) is 1.69. The molecule has 0 radical (unpaired) electrons. The van der Waals surface area contributed by atoms with Gasteiger partial charge in [0.15, 0.2) is 5.96 Å². The molecule has 1 aromatic carbocycles. The lowest BCUT2D eigenvalue weighted by molar-refractivity contribution is 0.121. The van der Waals surface area contributed by atoms with Gasteiger partial charge in [0.1, 0.15) is 0 Å². The molecule has 0 saturated carbocycles. The summed E-state index contributed by atoms with van der Waals surface area (Å²) >= 11 is 0. The summed E-state index contributed by atoms with van der Waals surface area (Å²) in [6, 6.07) is 11.9. The molecule has 0 spiro atoms. The van der Waals surface area contributed by atoms with Gasteiger partial charge in [-0.3, -0.25) is 9.89 Å². The Morgan fingerprint density at radius 2 is 1.90 bits per heavy atom. The lowest BCUT2D eigenvalue weighted by Crippen LogP contribution is -2.51. The van der Waals surface area contributed by atoms with Gasteiger partial charge in [0.05, 0.1) is 6.61 Å². The molecule has 2 unspecified atom stereocenters. The second-order valence-corrected chi connectivity index (χ2v) is 9.17. The number of hydrogen-bond donors (Lipinski definition) is 2. The Hall–Kier alpha value is -1.63. The summed E-state index contributed by atoms with van der Waals surface area (Å²) in [7, 11) is 1.78. The van der Waals surface area contributed by atoms with E-state index in [4.69, 9.17) is 9.73 Å². The number of ether oxygens (including phenoxy) is 1. The molecule has 174 valence electrons. The van der Waals surface area contributed by atoms with Crippen LogP contribution in [0.15, 0.2) is 35.3 Å². The zero-order valence-corrected chi connectivity index (χ0v) is 19.9. The van der Waals surface area contributed by atoms with E-state index in [1.807, 2.05) is 0 Å². The molecular weight excluding hydrogens is 386 g/mol. The third-order valence-corrected chi connectivity index (χ3v) is 6.75. The smallest absolute Gasteiger partial charge is 0.191 e. The summed E-state index contributed by atoms with van der Waals surface area (Å²) in [6.45, 7) is 12.8. The van der Waals surface area contributed by atoms with Gasteiger partial charge in [-0.05, 0) is 64.1 Å². The molecule has 2 atom stereocenters. The van der Waals surface area contributed by atoms with E-state index in [1.165, 1.54) is 37.9 Å². The summed E-state index contributed by atoms with van der Waals surface area (Å²) in [5.41, 5.74) is 1.41. The Balaban J connectivity index is 1.43. The van der Waals surface area contributed by atoms with Crippen LogP contribution >= 0.6 is 0 Å². The van der Waals surface area contributed by atoms with E-state index in [1.54, 1.807) is 7.11 Å². The van der Waals surface area contributed by atoms with Crippen LogP contribution in [0, 0.1) is 5.92 Å². The number of methoxy groups -OCH3 is 1. The molecule has 2 heterocycles. The molecule has 0 bridgehead atoms. The van der Waals surface area contributed by atoms with Crippen molar-refractivity contribution in [3.8, 4) is 0 Å². The van der Waals surface area contributed by atoms with Crippen LogP contribution in [0.25, 0.3) is 0 Å². The Morgan fingerprint density at radius 1 is 1.13 bits per heavy atom. The Morgan fingerprint density at radius 3 is 2.58 bits per heavy atom. The zero-order chi connectivity index (χ0) is 21.9. The fourth-order valence-electron chi connectivity index (χ4n) is 4.75. The third-order valence-electron chi connectivity index (χ3n) is 6.75. The maximum atomic E-state index is 5.21. The van der Waals surface area contributed by atoms with E-state index < -0.39 is 0 Å². The largest absolute Gasteiger partial charge is 0.383 e. The van der Waals surface area contributed by atoms with Crippen molar-refractivity contribution in [2.45, 2.75) is 58.2 Å². The highest BCUT2D eigenvalue weighted by Gasteiger charge is 2.26. The van der Waals surface area contributed by atoms with Gasteiger partial charge < -0.3 is 20.3 Å². The van der Waals surface area contributed by atoms with E-state index in [-0.39, 0.29) is 0 Å². The number of guanidine groups is 1. The molecule has 2 saturated heterocycles. The summed E-state index contributed by atoms with van der Waals surface area (Å²) in [6.07, 6.45) is 4.80. The lowest BCUT2D eigenvalue weighted by Gasteiger charge is -2.38. The predicted molar refractivity (Wildman–Crippen MR) is 129 cm³/mol. The maximum Gasteiger partial charge on any atom is 0.191 e. The molecular formula is C25H43N5O. The van der Waals surface area contributed by atoms with Crippen molar-refractivity contribution >= 4 is 5.96 Å². The van der Waals surface area contributed by atoms with Crippen molar-refractivity contribution in [1.29, 1.82) is 0 Å². The van der Waals surface area contributed by atoms with E-state index in [9.17, 15) is 0 Å². The van der Waals surface area contributed by atoms with Gasteiger partial charge in [0, 0.05) is 51.9 Å². The van der Waals surface area contributed by atoms with E-state index in [0.717, 1.165) is 51.7 Å². The number of nitrogens with zero attached hydrogens (tertiary/aromatic N) is 3. The summed E-state index contributed by atoms with van der Waals surface area (Å²) in [4.78, 5) is 10.1. The number of nitrogens with one attached hydrogen (secondary N) is 2. The highest BCUT2D eigenvalue weighted by atomic mass is 16.5. The highest BCUT2D eigenvalue weighted by molar-refractivity contribution is 5.80. The Labute approximate surface area is 189 Å². The minimum atomic E-state index is 0.496. The first-order valence-corrected chi connectivity index (χ1v) is 12.2. The van der Waals surface area contributed by atoms with Crippen molar-refractivity contribution in [1.82, 2.24) is 20.4 Å². The van der Waals surface area contributed by atoms with Crippen LogP contribution in [0.1, 0.15) is 45.1 Å². The van der Waals surface area contributed by atoms with Gasteiger partial charge in [0.2, 0.25) is 0 Å². The summed E-state index contributed by atoms with van der Waals surface area (Å²) < 4.78 is 5.21. The third kappa shape index (κ3) is 8.09. The minimum Gasteiger partial charge on any atom is -0.383 e. The van der Waals surface area contributed by atoms with Crippen LogP contribution in [0.2, 0.25) is 0 Å². The Kier molecular flexibility index (Phi) is 10.1. The maximum absolute atomic E-state index is 5.21. The highest BCUT2D eigenvalue weighted by Crippen LogP contribution is 2.20. The van der Waals surface area contributed by atoms with Crippen LogP contribution < -0.4 is 10.6 Å². The number of rotatable bonds is 9. The van der Waals surface area contributed by atoms with E-state index in [2.05, 4.69) is 64.6 Å². The molecule has 3 rings (SSSR count). The molecule has 2 N–H and O–H groups in total. The van der Waals surface area contributed by atoms with Crippen molar-refractivity contribution in [2.75, 3.05) is 53.0 Å². The molecule has 31 heavy (non-hydrogen) atoms. The molecule has 2 aliphatic rings. The van der Waals surface area contributed by atoms with Gasteiger partial charge in [-0.2, -0.15) is 0 Å². The van der Waals surface area contributed by atoms with Crippen LogP contribution in [0.4, 0.5) is 0 Å². The topological polar surface area (TPSA) is 52.1 Å². The quantitative estimate of drug-likeness (QED) is 0.467. The van der Waals surface area contributed by atoms with Crippen LogP contribution in [-0.4, -0.2) is 80.8 Å². The van der Waals surface area contributed by atoms with Crippen LogP contribution in [0.3, 0.4) is 0 Å². The van der Waals surface area contributed by atoms with Gasteiger partial charge in [-0.15, -0.1) is 0 Å². The molecule has 0 aromatic heterocycles. The molecule has 6 heteroatoms. The van der Waals surface area contributed by atoms with Crippen LogP contribution in [-0.2, 0) is 11.3 Å². The van der Waals surface area contributed by atoms with Crippen molar-refractivity contribution < 1.29 is 4.74 Å². The van der Waals surface area contributed by atoms with Gasteiger partial charge >= 0.3 is 0 Å². The summed E-state index contributed by atoms with van der Waals surface area (Å²) in [5, 5.41) is 7.20. The lowest BCUT2D eigenvalue weighted by atomic mass is 9.97. The number of likely N-dealkylation sites (tertiary alicyclic amines) is 2. The van der Waals surface area contributed by atoms with E-state index in [0.29, 0.717) is 18.0 Å². The van der Waals surface area contributed by atoms with Gasteiger partial charge in [-0.25, -0.2) is 0 Å². The first kappa shape index (κ1) is 24.0. The molecule has 0 amide bonds. The SMILES string of the molecule is CCNC(=NCC1CCN(CCOC)CC1)NC1CCN(Cc2ccccc2)C(C)C1. The molecule has 2 fully saturated rings. The zero-order valence-electron chi connectivity index (χ0n) is 19.9. The van der Waals surface area contributed by atoms with Crippen LogP contribution in [0.5, 0.6) is 0 Å². The Bertz CT molecular complexity index is 645. The van der Waals surface area contributed by atoms with Crippen molar-refractivity contribution in [2.24, 2.45) is 10.9 Å². The number of aliphatic imine (C=N–C) groups is 1. The number of piperidine rings is 2. The second-order valence-electron chi connectivity index (χ2n) is 9.17. The normalized spacial score (nSPS) is 24.3. The average Bonchev–Trinajstić information content (AvgIpc) is 2.79. The monoisotopic (exact) mass is 429 g/mol. The first-order chi connectivity index (χ1) is 15.2. The second kappa shape index (κ2) is 13.0. The average molecular weight is 430 g/mol. The fraction of sp³-hybridized carbons (Fsp3) is 0.720. The molecule has 0 aliphatic carbocycles. The van der Waals surface area contributed by atoms with Crippen molar-refractivity contribution in [3.63, 3.8) is 0 Å². The number of benzene rings is 1.